The third kappa shape index (κ3) is 3.08. The summed E-state index contributed by atoms with van der Waals surface area (Å²) in [6, 6.07) is 9.57. The van der Waals surface area contributed by atoms with Gasteiger partial charge in [-0.25, -0.2) is 13.4 Å². The van der Waals surface area contributed by atoms with Gasteiger partial charge in [-0.3, -0.25) is 13.0 Å². The summed E-state index contributed by atoms with van der Waals surface area (Å²) in [5.74, 6) is 0. The van der Waals surface area contributed by atoms with Gasteiger partial charge in [0, 0.05) is 24.7 Å². The number of benzene rings is 1. The quantitative estimate of drug-likeness (QED) is 0.462. The highest BCUT2D eigenvalue weighted by Crippen LogP contribution is 2.31. The molecule has 8 nitrogen and oxygen atoms in total. The predicted octanol–water partition coefficient (Wildman–Crippen LogP) is 1.94. The highest BCUT2D eigenvalue weighted by molar-refractivity contribution is 7.89. The maximum atomic E-state index is 12.7. The smallest absolute Gasteiger partial charge is 0.243 e. The summed E-state index contributed by atoms with van der Waals surface area (Å²) in [5, 5.41) is 0.490. The number of carbonyl (C=O) groups excluding carboxylic acids is 1. The van der Waals surface area contributed by atoms with Crippen LogP contribution in [-0.2, 0) is 21.3 Å². The largest absolute Gasteiger partial charge is 0.755 e. The third-order valence-corrected chi connectivity index (χ3v) is 7.42. The van der Waals surface area contributed by atoms with Gasteiger partial charge in [-0.2, -0.15) is 4.31 Å². The Kier molecular flexibility index (Phi) is 4.88. The molecule has 1 unspecified atom stereocenters. The summed E-state index contributed by atoms with van der Waals surface area (Å²) >= 11 is -2.68. The molecular formula is C18H16N3O5S2-. The molecule has 10 heteroatoms. The second kappa shape index (κ2) is 7.21. The van der Waals surface area contributed by atoms with Gasteiger partial charge < -0.3 is 4.55 Å². The minimum Gasteiger partial charge on any atom is -0.755 e. The summed E-state index contributed by atoms with van der Waals surface area (Å²) < 4.78 is 50.6. The van der Waals surface area contributed by atoms with Gasteiger partial charge in [0.2, 0.25) is 10.0 Å². The van der Waals surface area contributed by atoms with Crippen LogP contribution < -0.4 is 0 Å². The Labute approximate surface area is 164 Å². The first-order valence-corrected chi connectivity index (χ1v) is 11.1. The van der Waals surface area contributed by atoms with Gasteiger partial charge in [-0.1, -0.05) is 12.1 Å². The second-order valence-corrected chi connectivity index (χ2v) is 9.17. The lowest BCUT2D eigenvalue weighted by Gasteiger charge is -2.15. The number of rotatable bonds is 5. The second-order valence-electron chi connectivity index (χ2n) is 6.43. The lowest BCUT2D eigenvalue weighted by Crippen LogP contribution is -2.27. The van der Waals surface area contributed by atoms with Crippen molar-refractivity contribution in [2.75, 3.05) is 13.1 Å². The van der Waals surface area contributed by atoms with Crippen LogP contribution in [-0.4, -0.2) is 49.8 Å². The number of aromatic nitrogens is 2. The topological polar surface area (TPSA) is 112 Å². The van der Waals surface area contributed by atoms with E-state index in [1.807, 2.05) is 0 Å². The molecule has 1 aliphatic heterocycles. The van der Waals surface area contributed by atoms with Gasteiger partial charge in [0.25, 0.3) is 0 Å². The standard InChI is InChI=1S/C18H17N3O5S2/c22-12-14-11-17-16(7-8-19-18(17)21(14)27(23)24)13-3-5-15(6-4-13)28(25,26)20-9-1-2-10-20/h3-8,11-12H,1-2,9-10H2,(H,23,24)/p-1. The van der Waals surface area contributed by atoms with E-state index in [1.54, 1.807) is 30.3 Å². The molecule has 146 valence electrons. The van der Waals surface area contributed by atoms with Crippen molar-refractivity contribution in [2.45, 2.75) is 17.7 Å². The highest BCUT2D eigenvalue weighted by Gasteiger charge is 2.27. The monoisotopic (exact) mass is 418 g/mol. The fourth-order valence-corrected chi connectivity index (χ4v) is 5.54. The Morgan fingerprint density at radius 3 is 2.39 bits per heavy atom. The van der Waals surface area contributed by atoms with Crippen LogP contribution in [0.2, 0.25) is 0 Å². The summed E-state index contributed by atoms with van der Waals surface area (Å²) in [6.45, 7) is 1.06. The first kappa shape index (κ1) is 18.9. The van der Waals surface area contributed by atoms with E-state index in [4.69, 9.17) is 0 Å². The van der Waals surface area contributed by atoms with Crippen LogP contribution in [0, 0.1) is 0 Å². The average molecular weight is 418 g/mol. The van der Waals surface area contributed by atoms with Crippen LogP contribution in [0.15, 0.2) is 47.5 Å². The van der Waals surface area contributed by atoms with Crippen molar-refractivity contribution in [1.29, 1.82) is 0 Å². The van der Waals surface area contributed by atoms with E-state index in [0.717, 1.165) is 16.8 Å². The number of hydrogen-bond donors (Lipinski definition) is 0. The molecule has 1 saturated heterocycles. The highest BCUT2D eigenvalue weighted by atomic mass is 32.2. The van der Waals surface area contributed by atoms with Crippen LogP contribution in [0.4, 0.5) is 0 Å². The molecule has 0 radical (unpaired) electrons. The molecule has 0 amide bonds. The van der Waals surface area contributed by atoms with Gasteiger partial charge in [0.15, 0.2) is 11.9 Å². The zero-order chi connectivity index (χ0) is 19.9. The lowest BCUT2D eigenvalue weighted by molar-refractivity contribution is 0.111. The van der Waals surface area contributed by atoms with E-state index >= 15 is 0 Å². The minimum absolute atomic E-state index is 0.0310. The molecule has 1 atom stereocenters. The number of nitrogens with zero attached hydrogens (tertiary/aromatic N) is 3. The molecule has 3 aromatic rings. The molecule has 0 saturated carbocycles. The molecule has 4 rings (SSSR count). The zero-order valence-corrected chi connectivity index (χ0v) is 16.3. The van der Waals surface area contributed by atoms with E-state index in [0.29, 0.717) is 35.9 Å². The van der Waals surface area contributed by atoms with Crippen LogP contribution in [0.3, 0.4) is 0 Å². The van der Waals surface area contributed by atoms with Crippen LogP contribution in [0.25, 0.3) is 22.2 Å². The first-order chi connectivity index (χ1) is 13.4. The van der Waals surface area contributed by atoms with Crippen molar-refractivity contribution in [2.24, 2.45) is 0 Å². The lowest BCUT2D eigenvalue weighted by atomic mass is 10.0. The Balaban J connectivity index is 1.79. The van der Waals surface area contributed by atoms with Gasteiger partial charge in [0.05, 0.1) is 21.9 Å². The summed E-state index contributed by atoms with van der Waals surface area (Å²) in [6.07, 6.45) is 3.63. The summed E-state index contributed by atoms with van der Waals surface area (Å²) in [5.41, 5.74) is 1.46. The van der Waals surface area contributed by atoms with E-state index < -0.39 is 21.3 Å². The van der Waals surface area contributed by atoms with E-state index in [-0.39, 0.29) is 16.2 Å². The van der Waals surface area contributed by atoms with Crippen molar-refractivity contribution in [1.82, 2.24) is 13.3 Å². The van der Waals surface area contributed by atoms with Crippen LogP contribution >= 0.6 is 0 Å². The summed E-state index contributed by atoms with van der Waals surface area (Å²) in [4.78, 5) is 15.5. The number of sulfonamides is 1. The van der Waals surface area contributed by atoms with Crippen molar-refractivity contribution in [3.63, 3.8) is 0 Å². The van der Waals surface area contributed by atoms with Gasteiger partial charge in [-0.15, -0.1) is 0 Å². The third-order valence-electron chi connectivity index (χ3n) is 4.83. The van der Waals surface area contributed by atoms with E-state index in [1.165, 1.54) is 16.6 Å². The maximum Gasteiger partial charge on any atom is 0.243 e. The number of aldehydes is 1. The number of pyridine rings is 1. The Morgan fingerprint density at radius 1 is 1.11 bits per heavy atom. The average Bonchev–Trinajstić information content (AvgIpc) is 3.35. The summed E-state index contributed by atoms with van der Waals surface area (Å²) in [7, 11) is -3.51. The molecule has 1 aromatic carbocycles. The molecule has 1 aliphatic rings. The minimum atomic E-state index is -3.51. The van der Waals surface area contributed by atoms with Crippen molar-refractivity contribution in [3.8, 4) is 11.1 Å². The van der Waals surface area contributed by atoms with Gasteiger partial charge >= 0.3 is 0 Å². The van der Waals surface area contributed by atoms with Gasteiger partial charge in [-0.05, 0) is 48.2 Å². The molecule has 2 aromatic heterocycles. The van der Waals surface area contributed by atoms with E-state index in [2.05, 4.69) is 4.98 Å². The Bertz CT molecular complexity index is 1180. The SMILES string of the molecule is O=Cc1cc2c(-c3ccc(S(=O)(=O)N4CCCC4)cc3)ccnc2n1S(=O)[O-]. The van der Waals surface area contributed by atoms with E-state index in [9.17, 15) is 22.0 Å². The van der Waals surface area contributed by atoms with Crippen LogP contribution in [0.5, 0.6) is 0 Å². The molecule has 0 aliphatic carbocycles. The molecule has 0 spiro atoms. The number of hydrogen-bond acceptors (Lipinski definition) is 6. The zero-order valence-electron chi connectivity index (χ0n) is 14.6. The van der Waals surface area contributed by atoms with Crippen LogP contribution in [0.1, 0.15) is 23.3 Å². The number of fused-ring (bicyclic) bond motifs is 1. The normalized spacial score (nSPS) is 16.5. The molecule has 1 fully saturated rings. The fourth-order valence-electron chi connectivity index (χ4n) is 3.47. The van der Waals surface area contributed by atoms with Crippen molar-refractivity contribution >= 4 is 38.6 Å². The fraction of sp³-hybridized carbons (Fsp3) is 0.222. The first-order valence-electron chi connectivity index (χ1n) is 8.59. The molecule has 28 heavy (non-hydrogen) atoms. The Hall–Kier alpha value is -2.40. The van der Waals surface area contributed by atoms with Crippen molar-refractivity contribution < 1.29 is 22.0 Å². The molecule has 0 bridgehead atoms. The molecular weight excluding hydrogens is 402 g/mol. The van der Waals surface area contributed by atoms with Gasteiger partial charge in [0.1, 0.15) is 0 Å². The molecule has 3 heterocycles. The Morgan fingerprint density at radius 2 is 1.79 bits per heavy atom. The van der Waals surface area contributed by atoms with Crippen molar-refractivity contribution in [3.05, 3.63) is 48.3 Å². The number of carbonyl (C=O) groups is 1. The molecule has 0 N–H and O–H groups in total. The maximum absolute atomic E-state index is 12.7. The predicted molar refractivity (Wildman–Crippen MR) is 103 cm³/mol.